The van der Waals surface area contributed by atoms with Gasteiger partial charge in [-0.2, -0.15) is 0 Å². The van der Waals surface area contributed by atoms with Crippen LogP contribution in [0.4, 0.5) is 0 Å². The van der Waals surface area contributed by atoms with Crippen molar-refractivity contribution in [2.75, 3.05) is 0 Å². The number of carbonyl (C=O) groups excluding carboxylic acids is 3. The van der Waals surface area contributed by atoms with E-state index in [1.165, 1.54) is 6.07 Å². The number of aliphatic hydroxyl groups is 3. The maximum Gasteiger partial charge on any atom is 0.255 e. The molecule has 0 unspecified atom stereocenters. The van der Waals surface area contributed by atoms with Gasteiger partial charge in [0.05, 0.1) is 5.56 Å². The summed E-state index contributed by atoms with van der Waals surface area (Å²) in [6.45, 7) is 1.02. The largest absolute Gasteiger partial charge is 1.00 e. The Morgan fingerprint density at radius 1 is 1.08 bits per heavy atom. The first-order chi connectivity index (χ1) is 17.1. The van der Waals surface area contributed by atoms with Crippen LogP contribution < -0.4 is 28.4 Å². The third kappa shape index (κ3) is 4.07. The van der Waals surface area contributed by atoms with Crippen LogP contribution in [-0.2, 0) is 33.9 Å². The normalized spacial score (nSPS) is 24.7. The maximum absolute atomic E-state index is 13.5. The monoisotopic (exact) mass is 527 g/mol. The molecule has 194 valence electrons. The van der Waals surface area contributed by atoms with Gasteiger partial charge in [-0.15, -0.1) is 0 Å². The molecule has 1 saturated carbocycles. The summed E-state index contributed by atoms with van der Waals surface area (Å²) in [4.78, 5) is 40.7. The van der Waals surface area contributed by atoms with E-state index in [4.69, 9.17) is 5.73 Å². The number of hydrogen-bond acceptors (Lipinski definition) is 8. The van der Waals surface area contributed by atoms with Crippen molar-refractivity contribution >= 4 is 23.2 Å². The number of aromatic nitrogens is 1. The number of rotatable bonds is 5. The third-order valence-electron chi connectivity index (χ3n) is 7.48. The van der Waals surface area contributed by atoms with Crippen LogP contribution in [0.1, 0.15) is 35.1 Å². The number of carbonyl (C=O) groups is 3. The molecule has 0 radical (unpaired) electrons. The van der Waals surface area contributed by atoms with Gasteiger partial charge in [-0.05, 0) is 41.5 Å². The van der Waals surface area contributed by atoms with Crippen LogP contribution in [0.25, 0.3) is 5.76 Å². The van der Waals surface area contributed by atoms with Crippen molar-refractivity contribution in [2.24, 2.45) is 17.6 Å². The minimum absolute atomic E-state index is 0. The number of nitrogens with one attached hydrogen (secondary N) is 2. The highest BCUT2D eigenvalue weighted by Crippen LogP contribution is 2.52. The first-order valence-electron chi connectivity index (χ1n) is 11.6. The van der Waals surface area contributed by atoms with E-state index in [-0.39, 0.29) is 48.6 Å². The van der Waals surface area contributed by atoms with E-state index in [1.807, 2.05) is 24.5 Å². The fourth-order valence-electron chi connectivity index (χ4n) is 5.73. The highest BCUT2D eigenvalue weighted by Gasteiger charge is 2.60. The Hall–Kier alpha value is -3.73. The molecule has 10 nitrogen and oxygen atoms in total. The molecule has 0 spiro atoms. The van der Waals surface area contributed by atoms with E-state index in [1.54, 1.807) is 6.07 Å². The Balaban J connectivity index is 0.00000320. The lowest BCUT2D eigenvalue weighted by Crippen LogP contribution is -3.00. The number of phenols is 1. The highest BCUT2D eigenvalue weighted by molar-refractivity contribution is 6.22. The molecule has 8 N–H and O–H groups in total. The maximum atomic E-state index is 13.5. The van der Waals surface area contributed by atoms with Crippen LogP contribution >= 0.6 is 0 Å². The van der Waals surface area contributed by atoms with Gasteiger partial charge in [0.25, 0.3) is 5.91 Å². The summed E-state index contributed by atoms with van der Waals surface area (Å²) in [6, 6.07) is 7.05. The van der Waals surface area contributed by atoms with Crippen LogP contribution in [0.5, 0.6) is 5.75 Å². The fourth-order valence-corrected chi connectivity index (χ4v) is 5.73. The number of H-pyrrole nitrogens is 1. The quantitative estimate of drug-likeness (QED) is 0.231. The number of benzene rings is 1. The minimum Gasteiger partial charge on any atom is -1.00 e. The molecular weight excluding hydrogens is 502 g/mol. The standard InChI is InChI=1S/C26H25N3O7.ClH/c27-25(35)21-18(31)9-15-7-14-8-16-13(11-29-10-12-3-5-28-6-4-12)1-2-17(30)20(16)22(32)19(14)23(33)26(15,36)24(21)34;/h1-6,14-15,29-30,32,34,36H,7-11H2,(H2,27,35);1H/t14-,15+,26+;/m1./s1. The van der Waals surface area contributed by atoms with Crippen molar-refractivity contribution in [1.29, 1.82) is 0 Å². The summed E-state index contributed by atoms with van der Waals surface area (Å²) in [6.07, 6.45) is 3.68. The van der Waals surface area contributed by atoms with Crippen LogP contribution in [-0.4, -0.2) is 43.5 Å². The van der Waals surface area contributed by atoms with Crippen LogP contribution in [0.3, 0.4) is 0 Å². The Bertz CT molecular complexity index is 1370. The van der Waals surface area contributed by atoms with Crippen LogP contribution in [0.2, 0.25) is 0 Å². The molecule has 1 aromatic carbocycles. The van der Waals surface area contributed by atoms with Gasteiger partial charge in [0, 0.05) is 43.1 Å². The zero-order valence-corrected chi connectivity index (χ0v) is 20.4. The number of phenolic OH excluding ortho intramolecular Hbond substituents is 1. The van der Waals surface area contributed by atoms with Crippen molar-refractivity contribution in [3.63, 3.8) is 0 Å². The summed E-state index contributed by atoms with van der Waals surface area (Å²) in [5, 5.41) is 47.0. The Labute approximate surface area is 217 Å². The summed E-state index contributed by atoms with van der Waals surface area (Å²) in [5.41, 5.74) is 4.34. The van der Waals surface area contributed by atoms with E-state index >= 15 is 0 Å². The molecule has 11 heteroatoms. The lowest BCUT2D eigenvalue weighted by atomic mass is 9.59. The second-order valence-corrected chi connectivity index (χ2v) is 9.52. The Kier molecular flexibility index (Phi) is 6.85. The smallest absolute Gasteiger partial charge is 0.255 e. The number of pyridine rings is 1. The number of aromatic hydroxyl groups is 1. The van der Waals surface area contributed by atoms with Gasteiger partial charge in [0.1, 0.15) is 22.8 Å². The van der Waals surface area contributed by atoms with Crippen molar-refractivity contribution in [3.05, 3.63) is 75.8 Å². The molecule has 1 aromatic heterocycles. The molecule has 0 aliphatic heterocycles. The molecule has 37 heavy (non-hydrogen) atoms. The second kappa shape index (κ2) is 9.62. The molecule has 3 atom stereocenters. The predicted molar refractivity (Wildman–Crippen MR) is 125 cm³/mol. The molecule has 2 aromatic rings. The zero-order chi connectivity index (χ0) is 25.8. The van der Waals surface area contributed by atoms with Crippen molar-refractivity contribution < 1.29 is 52.2 Å². The van der Waals surface area contributed by atoms with Gasteiger partial charge in [-0.25, -0.2) is 4.98 Å². The minimum atomic E-state index is -2.56. The molecule has 1 heterocycles. The molecular formula is C26H26ClN3O7. The Morgan fingerprint density at radius 2 is 1.78 bits per heavy atom. The number of nitrogens with two attached hydrogens (primary N) is 1. The fraction of sp³-hybridized carbons (Fsp3) is 0.308. The summed E-state index contributed by atoms with van der Waals surface area (Å²) >= 11 is 0. The number of primary amides is 1. The van der Waals surface area contributed by atoms with Gasteiger partial charge in [0.15, 0.2) is 23.8 Å². The van der Waals surface area contributed by atoms with E-state index in [0.29, 0.717) is 18.7 Å². The summed E-state index contributed by atoms with van der Waals surface area (Å²) in [7, 11) is 0. The number of aromatic amines is 1. The number of amides is 1. The highest BCUT2D eigenvalue weighted by atomic mass is 35.5. The lowest BCUT2D eigenvalue weighted by molar-refractivity contribution is -0.378. The van der Waals surface area contributed by atoms with Gasteiger partial charge in [0.2, 0.25) is 5.78 Å². The van der Waals surface area contributed by atoms with Crippen LogP contribution in [0.15, 0.2) is 53.6 Å². The summed E-state index contributed by atoms with van der Waals surface area (Å²) < 4.78 is 0. The van der Waals surface area contributed by atoms with Gasteiger partial charge >= 0.3 is 0 Å². The number of hydrogen-bond donors (Lipinski definition) is 6. The van der Waals surface area contributed by atoms with Gasteiger partial charge < -0.3 is 43.9 Å². The number of aliphatic hydroxyl groups excluding tert-OH is 2. The van der Waals surface area contributed by atoms with E-state index in [9.17, 15) is 34.8 Å². The first kappa shape index (κ1) is 26.3. The summed E-state index contributed by atoms with van der Waals surface area (Å²) in [5.74, 6) is -6.32. The zero-order valence-electron chi connectivity index (χ0n) is 19.6. The average molecular weight is 528 g/mol. The van der Waals surface area contributed by atoms with E-state index in [0.717, 1.165) is 11.1 Å². The van der Waals surface area contributed by atoms with E-state index < -0.39 is 52.0 Å². The molecule has 1 amide bonds. The number of fused-ring (bicyclic) bond motifs is 3. The van der Waals surface area contributed by atoms with Gasteiger partial charge in [-0.3, -0.25) is 14.4 Å². The SMILES string of the molecule is NC(=O)C1=C(O)[C@@]2(O)C(=O)C3=C(O)c4c(O)ccc(CNCc5cc[nH+]cc5)c4C[C@H]3C[C@H]2CC1=O.[Cl-]. The van der Waals surface area contributed by atoms with Crippen LogP contribution in [0, 0.1) is 11.8 Å². The molecule has 1 fully saturated rings. The van der Waals surface area contributed by atoms with Crippen molar-refractivity contribution in [2.45, 2.75) is 38.0 Å². The number of halogens is 1. The topological polar surface area (TPSA) is 184 Å². The van der Waals surface area contributed by atoms with Crippen molar-refractivity contribution in [1.82, 2.24) is 5.32 Å². The number of ketones is 2. The number of Topliss-reactive ketones (excluding diaryl/α,β-unsaturated/α-hetero) is 2. The molecule has 0 bridgehead atoms. The molecule has 3 aliphatic rings. The van der Waals surface area contributed by atoms with Crippen molar-refractivity contribution in [3.8, 4) is 5.75 Å². The molecule has 3 aliphatic carbocycles. The molecule has 5 rings (SSSR count). The molecule has 0 saturated heterocycles. The van der Waals surface area contributed by atoms with Gasteiger partial charge in [-0.1, -0.05) is 6.07 Å². The Morgan fingerprint density at radius 3 is 2.46 bits per heavy atom. The average Bonchev–Trinajstić information content (AvgIpc) is 2.83. The predicted octanol–water partition coefficient (Wildman–Crippen LogP) is -2.47. The van der Waals surface area contributed by atoms with E-state index in [2.05, 4.69) is 10.3 Å². The third-order valence-corrected chi connectivity index (χ3v) is 7.48. The first-order valence-corrected chi connectivity index (χ1v) is 11.6. The second-order valence-electron chi connectivity index (χ2n) is 9.52. The lowest BCUT2D eigenvalue weighted by Gasteiger charge is -2.46.